The lowest BCUT2D eigenvalue weighted by Crippen LogP contribution is -2.40. The molecule has 1 fully saturated rings. The summed E-state index contributed by atoms with van der Waals surface area (Å²) in [5.74, 6) is 2.68. The zero-order chi connectivity index (χ0) is 20.6. The molecule has 5 nitrogen and oxygen atoms in total. The Hall–Kier alpha value is -2.24. The van der Waals surface area contributed by atoms with Gasteiger partial charge in [-0.1, -0.05) is 24.3 Å². The minimum atomic E-state index is 0.304. The second kappa shape index (κ2) is 10.5. The van der Waals surface area contributed by atoms with Crippen molar-refractivity contribution in [3.05, 3.63) is 53.6 Å². The van der Waals surface area contributed by atoms with Gasteiger partial charge in [-0.2, -0.15) is 0 Å². The smallest absolute Gasteiger partial charge is 0.127 e. The topological polar surface area (TPSA) is 45.2 Å². The van der Waals surface area contributed by atoms with E-state index in [0.717, 1.165) is 43.1 Å². The minimum Gasteiger partial charge on any atom is -0.507 e. The van der Waals surface area contributed by atoms with Gasteiger partial charge in [-0.15, -0.1) is 0 Å². The number of hydrogen-bond acceptors (Lipinski definition) is 5. The van der Waals surface area contributed by atoms with Crippen molar-refractivity contribution in [1.29, 1.82) is 0 Å². The Kier molecular flexibility index (Phi) is 7.78. The summed E-state index contributed by atoms with van der Waals surface area (Å²) in [6.07, 6.45) is 3.51. The summed E-state index contributed by atoms with van der Waals surface area (Å²) in [6.45, 7) is 5.06. The van der Waals surface area contributed by atoms with Gasteiger partial charge in [-0.3, -0.25) is 0 Å². The quantitative estimate of drug-likeness (QED) is 0.696. The number of phenols is 1. The fraction of sp³-hybridized carbons (Fsp3) is 0.500. The first kappa shape index (κ1) is 21.5. The Morgan fingerprint density at radius 1 is 1.07 bits per heavy atom. The molecule has 0 saturated carbocycles. The highest BCUT2D eigenvalue weighted by Gasteiger charge is 2.22. The van der Waals surface area contributed by atoms with Crippen LogP contribution in [0.1, 0.15) is 24.0 Å². The zero-order valence-corrected chi connectivity index (χ0v) is 17.9. The molecule has 158 valence electrons. The lowest BCUT2D eigenvalue weighted by molar-refractivity contribution is 0.141. The Labute approximate surface area is 174 Å². The van der Waals surface area contributed by atoms with E-state index in [9.17, 15) is 5.11 Å². The summed E-state index contributed by atoms with van der Waals surface area (Å²) in [4.78, 5) is 4.88. The average Bonchev–Trinajstić information content (AvgIpc) is 2.74. The van der Waals surface area contributed by atoms with Gasteiger partial charge in [0.2, 0.25) is 0 Å². The first-order valence-corrected chi connectivity index (χ1v) is 10.5. The summed E-state index contributed by atoms with van der Waals surface area (Å²) in [7, 11) is 5.52. The van der Waals surface area contributed by atoms with Gasteiger partial charge in [0.1, 0.15) is 17.2 Å². The summed E-state index contributed by atoms with van der Waals surface area (Å²) in [6, 6.07) is 13.8. The van der Waals surface area contributed by atoms with Crippen LogP contribution in [0, 0.1) is 5.92 Å². The van der Waals surface area contributed by atoms with E-state index in [0.29, 0.717) is 18.2 Å². The Bertz CT molecular complexity index is 780. The molecule has 0 aliphatic carbocycles. The van der Waals surface area contributed by atoms with Crippen LogP contribution in [0.25, 0.3) is 0 Å². The molecule has 1 aliphatic rings. The molecule has 0 bridgehead atoms. The first-order chi connectivity index (χ1) is 14.1. The normalized spacial score (nSPS) is 17.4. The van der Waals surface area contributed by atoms with Crippen molar-refractivity contribution in [2.24, 2.45) is 5.92 Å². The Balaban J connectivity index is 1.52. The molecule has 1 heterocycles. The number of benzene rings is 2. The second-order valence-corrected chi connectivity index (χ2v) is 8.03. The molecule has 1 N–H and O–H groups in total. The van der Waals surface area contributed by atoms with Gasteiger partial charge in [-0.25, -0.2) is 0 Å². The predicted molar refractivity (Wildman–Crippen MR) is 117 cm³/mol. The number of aromatic hydroxyl groups is 1. The summed E-state index contributed by atoms with van der Waals surface area (Å²) in [5, 5.41) is 10.2. The first-order valence-electron chi connectivity index (χ1n) is 10.5. The van der Waals surface area contributed by atoms with E-state index in [-0.39, 0.29) is 0 Å². The monoisotopic (exact) mass is 398 g/mol. The maximum Gasteiger partial charge on any atom is 0.127 e. The van der Waals surface area contributed by atoms with Crippen LogP contribution in [0.15, 0.2) is 42.5 Å². The third-order valence-corrected chi connectivity index (χ3v) is 5.82. The van der Waals surface area contributed by atoms with Gasteiger partial charge in [0, 0.05) is 31.7 Å². The van der Waals surface area contributed by atoms with E-state index in [2.05, 4.69) is 29.0 Å². The molecule has 29 heavy (non-hydrogen) atoms. The average molecular weight is 399 g/mol. The van der Waals surface area contributed by atoms with E-state index in [4.69, 9.17) is 9.47 Å². The standard InChI is InChI=1S/C24H34N2O3/c1-25(18-21-22(27)10-6-12-24(21)29-3)16-19-8-7-14-26(17-19)15-13-20-9-4-5-11-23(20)28-2/h4-6,9-12,19,27H,7-8,13-18H2,1-3H3. The van der Waals surface area contributed by atoms with Crippen molar-refractivity contribution in [3.8, 4) is 17.2 Å². The van der Waals surface area contributed by atoms with E-state index in [1.54, 1.807) is 20.3 Å². The summed E-state index contributed by atoms with van der Waals surface area (Å²) >= 11 is 0. The van der Waals surface area contributed by atoms with Crippen LogP contribution >= 0.6 is 0 Å². The minimum absolute atomic E-state index is 0.304. The lowest BCUT2D eigenvalue weighted by atomic mass is 9.96. The number of methoxy groups -OCH3 is 2. The second-order valence-electron chi connectivity index (χ2n) is 8.03. The van der Waals surface area contributed by atoms with Gasteiger partial charge < -0.3 is 24.4 Å². The number of ether oxygens (including phenoxy) is 2. The highest BCUT2D eigenvalue weighted by molar-refractivity contribution is 5.43. The molecule has 1 aliphatic heterocycles. The highest BCUT2D eigenvalue weighted by atomic mass is 16.5. The van der Waals surface area contributed by atoms with E-state index in [1.807, 2.05) is 24.3 Å². The number of nitrogens with zero attached hydrogens (tertiary/aromatic N) is 2. The molecular weight excluding hydrogens is 364 g/mol. The zero-order valence-electron chi connectivity index (χ0n) is 17.9. The summed E-state index contributed by atoms with van der Waals surface area (Å²) in [5.41, 5.74) is 2.14. The highest BCUT2D eigenvalue weighted by Crippen LogP contribution is 2.29. The number of phenolic OH excluding ortho intramolecular Hbond substituents is 1. The van der Waals surface area contributed by atoms with Gasteiger partial charge >= 0.3 is 0 Å². The molecule has 0 amide bonds. The van der Waals surface area contributed by atoms with Crippen molar-refractivity contribution in [3.63, 3.8) is 0 Å². The maximum atomic E-state index is 10.2. The van der Waals surface area contributed by atoms with Crippen molar-refractivity contribution < 1.29 is 14.6 Å². The molecule has 0 aromatic heterocycles. The Morgan fingerprint density at radius 3 is 2.62 bits per heavy atom. The van der Waals surface area contributed by atoms with Gasteiger partial charge in [0.15, 0.2) is 0 Å². The van der Waals surface area contributed by atoms with Crippen molar-refractivity contribution in [2.45, 2.75) is 25.8 Å². The molecule has 1 unspecified atom stereocenters. The maximum absolute atomic E-state index is 10.2. The molecule has 3 rings (SSSR count). The Morgan fingerprint density at radius 2 is 1.83 bits per heavy atom. The van der Waals surface area contributed by atoms with Crippen LogP contribution in [0.2, 0.25) is 0 Å². The van der Waals surface area contributed by atoms with Crippen molar-refractivity contribution in [1.82, 2.24) is 9.80 Å². The van der Waals surface area contributed by atoms with Crippen LogP contribution in [-0.2, 0) is 13.0 Å². The van der Waals surface area contributed by atoms with Gasteiger partial charge in [0.25, 0.3) is 0 Å². The van der Waals surface area contributed by atoms with Gasteiger partial charge in [0.05, 0.1) is 14.2 Å². The van der Waals surface area contributed by atoms with Crippen LogP contribution in [-0.4, -0.2) is 62.4 Å². The molecule has 2 aromatic rings. The number of piperidine rings is 1. The third-order valence-electron chi connectivity index (χ3n) is 5.82. The van der Waals surface area contributed by atoms with Crippen LogP contribution < -0.4 is 9.47 Å². The SMILES string of the molecule is COc1ccccc1CCN1CCCC(CN(C)Cc2c(O)cccc2OC)C1. The van der Waals surface area contributed by atoms with Crippen LogP contribution in [0.5, 0.6) is 17.2 Å². The van der Waals surface area contributed by atoms with E-state index < -0.39 is 0 Å². The van der Waals surface area contributed by atoms with Gasteiger partial charge in [-0.05, 0) is 62.5 Å². The predicted octanol–water partition coefficient (Wildman–Crippen LogP) is 3.80. The van der Waals surface area contributed by atoms with Crippen molar-refractivity contribution >= 4 is 0 Å². The van der Waals surface area contributed by atoms with Crippen LogP contribution in [0.3, 0.4) is 0 Å². The molecule has 1 atom stereocenters. The fourth-order valence-corrected chi connectivity index (χ4v) is 4.37. The molecular formula is C24H34N2O3. The van der Waals surface area contributed by atoms with E-state index in [1.165, 1.54) is 24.9 Å². The molecule has 0 radical (unpaired) electrons. The van der Waals surface area contributed by atoms with Crippen LogP contribution in [0.4, 0.5) is 0 Å². The lowest BCUT2D eigenvalue weighted by Gasteiger charge is -2.35. The largest absolute Gasteiger partial charge is 0.507 e. The molecule has 5 heteroatoms. The van der Waals surface area contributed by atoms with Crippen molar-refractivity contribution in [2.75, 3.05) is 47.4 Å². The molecule has 1 saturated heterocycles. The van der Waals surface area contributed by atoms with E-state index >= 15 is 0 Å². The molecule has 0 spiro atoms. The number of rotatable bonds is 9. The number of likely N-dealkylation sites (tertiary alicyclic amines) is 1. The fourth-order valence-electron chi connectivity index (χ4n) is 4.37. The number of hydrogen-bond donors (Lipinski definition) is 1. The third kappa shape index (κ3) is 5.87. The summed E-state index contributed by atoms with van der Waals surface area (Å²) < 4.78 is 10.9. The molecule has 2 aromatic carbocycles. The number of para-hydroxylation sites is 1.